The van der Waals surface area contributed by atoms with E-state index in [4.69, 9.17) is 16.7 Å². The molecule has 108 valence electrons. The summed E-state index contributed by atoms with van der Waals surface area (Å²) >= 11 is 5.99. The second-order valence-corrected chi connectivity index (χ2v) is 5.37. The molecular formula is C14H17ClN2O3. The number of aliphatic carboxylic acids is 1. The third kappa shape index (κ3) is 3.87. The molecule has 0 aromatic heterocycles. The highest BCUT2D eigenvalue weighted by molar-refractivity contribution is 6.31. The van der Waals surface area contributed by atoms with Crippen molar-refractivity contribution in [3.63, 3.8) is 0 Å². The Kier molecular flexibility index (Phi) is 4.84. The lowest BCUT2D eigenvalue weighted by Gasteiger charge is -2.13. The third-order valence-electron chi connectivity index (χ3n) is 3.51. The van der Waals surface area contributed by atoms with E-state index in [1.54, 1.807) is 6.07 Å². The highest BCUT2D eigenvalue weighted by Crippen LogP contribution is 2.25. The van der Waals surface area contributed by atoms with Crippen molar-refractivity contribution in [2.24, 2.45) is 5.92 Å². The van der Waals surface area contributed by atoms with E-state index in [-0.39, 0.29) is 18.0 Å². The Hall–Kier alpha value is -1.75. The van der Waals surface area contributed by atoms with Crippen molar-refractivity contribution in [3.05, 3.63) is 34.9 Å². The molecule has 1 aromatic rings. The number of benzene rings is 1. The number of hydrogen-bond donors (Lipinski definition) is 3. The molecule has 6 heteroatoms. The van der Waals surface area contributed by atoms with Crippen LogP contribution in [0.3, 0.4) is 0 Å². The SMILES string of the molecule is O=C(NCc1ccccc1Cl)NC1CCC(C(=O)O)C1. The van der Waals surface area contributed by atoms with Gasteiger partial charge in [0.15, 0.2) is 0 Å². The number of carbonyl (C=O) groups excluding carboxylic acids is 1. The van der Waals surface area contributed by atoms with Gasteiger partial charge in [-0.25, -0.2) is 4.79 Å². The molecule has 2 unspecified atom stereocenters. The molecule has 5 nitrogen and oxygen atoms in total. The number of rotatable bonds is 4. The zero-order valence-corrected chi connectivity index (χ0v) is 11.7. The first-order chi connectivity index (χ1) is 9.56. The standard InChI is InChI=1S/C14H17ClN2O3/c15-12-4-2-1-3-10(12)8-16-14(20)17-11-6-5-9(7-11)13(18)19/h1-4,9,11H,5-8H2,(H,18,19)(H2,16,17,20). The lowest BCUT2D eigenvalue weighted by molar-refractivity contribution is -0.141. The number of carboxylic acid groups (broad SMARTS) is 1. The Labute approximate surface area is 122 Å². The van der Waals surface area contributed by atoms with Crippen molar-refractivity contribution < 1.29 is 14.7 Å². The molecular weight excluding hydrogens is 280 g/mol. The third-order valence-corrected chi connectivity index (χ3v) is 3.88. The molecule has 1 aromatic carbocycles. The van der Waals surface area contributed by atoms with Crippen LogP contribution in [0.25, 0.3) is 0 Å². The lowest BCUT2D eigenvalue weighted by Crippen LogP contribution is -2.40. The van der Waals surface area contributed by atoms with Gasteiger partial charge in [0.05, 0.1) is 5.92 Å². The van der Waals surface area contributed by atoms with Crippen LogP contribution in [-0.2, 0) is 11.3 Å². The van der Waals surface area contributed by atoms with E-state index in [0.29, 0.717) is 30.8 Å². The van der Waals surface area contributed by atoms with Gasteiger partial charge in [0.1, 0.15) is 0 Å². The molecule has 3 N–H and O–H groups in total. The molecule has 0 spiro atoms. The molecule has 1 aliphatic carbocycles. The Morgan fingerprint density at radius 3 is 2.70 bits per heavy atom. The van der Waals surface area contributed by atoms with Gasteiger partial charge in [-0.2, -0.15) is 0 Å². The van der Waals surface area contributed by atoms with Crippen molar-refractivity contribution in [3.8, 4) is 0 Å². The summed E-state index contributed by atoms with van der Waals surface area (Å²) in [6, 6.07) is 6.94. The maximum Gasteiger partial charge on any atom is 0.315 e. The normalized spacial score (nSPS) is 21.4. The molecule has 0 saturated heterocycles. The van der Waals surface area contributed by atoms with Crippen LogP contribution < -0.4 is 10.6 Å². The Bertz CT molecular complexity index is 507. The van der Waals surface area contributed by atoms with E-state index in [9.17, 15) is 9.59 Å². The molecule has 0 bridgehead atoms. The van der Waals surface area contributed by atoms with Crippen molar-refractivity contribution in [1.29, 1.82) is 0 Å². The predicted octanol–water partition coefficient (Wildman–Crippen LogP) is 2.39. The second kappa shape index (κ2) is 6.61. The van der Waals surface area contributed by atoms with Crippen LogP contribution in [0.4, 0.5) is 4.79 Å². The van der Waals surface area contributed by atoms with Crippen LogP contribution >= 0.6 is 11.6 Å². The van der Waals surface area contributed by atoms with Gasteiger partial charge in [-0.05, 0) is 30.9 Å². The fraction of sp³-hybridized carbons (Fsp3) is 0.429. The molecule has 20 heavy (non-hydrogen) atoms. The summed E-state index contributed by atoms with van der Waals surface area (Å²) < 4.78 is 0. The lowest BCUT2D eigenvalue weighted by atomic mass is 10.1. The van der Waals surface area contributed by atoms with Crippen LogP contribution in [-0.4, -0.2) is 23.1 Å². The minimum absolute atomic E-state index is 0.0673. The van der Waals surface area contributed by atoms with Gasteiger partial charge in [0.25, 0.3) is 0 Å². The minimum Gasteiger partial charge on any atom is -0.481 e. The largest absolute Gasteiger partial charge is 0.481 e. The van der Waals surface area contributed by atoms with Crippen LogP contribution in [0.2, 0.25) is 5.02 Å². The van der Waals surface area contributed by atoms with Gasteiger partial charge in [0, 0.05) is 17.6 Å². The molecule has 0 aliphatic heterocycles. The number of amides is 2. The maximum atomic E-state index is 11.7. The fourth-order valence-electron chi connectivity index (χ4n) is 2.39. The van der Waals surface area contributed by atoms with Crippen LogP contribution in [0, 0.1) is 5.92 Å². The average molecular weight is 297 g/mol. The molecule has 2 amide bonds. The number of nitrogens with one attached hydrogen (secondary N) is 2. The van der Waals surface area contributed by atoms with Crippen molar-refractivity contribution in [2.75, 3.05) is 0 Å². The number of halogens is 1. The molecule has 1 saturated carbocycles. The zero-order valence-electron chi connectivity index (χ0n) is 10.9. The van der Waals surface area contributed by atoms with Crippen molar-refractivity contribution in [2.45, 2.75) is 31.8 Å². The maximum absolute atomic E-state index is 11.7. The Balaban J connectivity index is 1.77. The molecule has 1 aliphatic rings. The number of carbonyl (C=O) groups is 2. The first-order valence-corrected chi connectivity index (χ1v) is 6.94. The Morgan fingerprint density at radius 2 is 2.05 bits per heavy atom. The van der Waals surface area contributed by atoms with E-state index in [1.165, 1.54) is 0 Å². The van der Waals surface area contributed by atoms with E-state index >= 15 is 0 Å². The highest BCUT2D eigenvalue weighted by Gasteiger charge is 2.30. The fourth-order valence-corrected chi connectivity index (χ4v) is 2.59. The topological polar surface area (TPSA) is 78.4 Å². The predicted molar refractivity (Wildman–Crippen MR) is 75.6 cm³/mol. The number of hydrogen-bond acceptors (Lipinski definition) is 2. The first-order valence-electron chi connectivity index (χ1n) is 6.57. The highest BCUT2D eigenvalue weighted by atomic mass is 35.5. The average Bonchev–Trinajstić information content (AvgIpc) is 2.86. The van der Waals surface area contributed by atoms with Crippen molar-refractivity contribution in [1.82, 2.24) is 10.6 Å². The monoisotopic (exact) mass is 296 g/mol. The smallest absolute Gasteiger partial charge is 0.315 e. The summed E-state index contributed by atoms with van der Waals surface area (Å²) in [5.74, 6) is -1.13. The van der Waals surface area contributed by atoms with Gasteiger partial charge in [-0.15, -0.1) is 0 Å². The molecule has 0 radical (unpaired) electrons. The van der Waals surface area contributed by atoms with Gasteiger partial charge >= 0.3 is 12.0 Å². The molecule has 2 atom stereocenters. The Morgan fingerprint density at radius 1 is 1.30 bits per heavy atom. The number of carboxylic acids is 1. The summed E-state index contributed by atoms with van der Waals surface area (Å²) in [6.07, 6.45) is 1.82. The van der Waals surface area contributed by atoms with Gasteiger partial charge in [-0.3, -0.25) is 4.79 Å². The summed E-state index contributed by atoms with van der Waals surface area (Å²) in [5.41, 5.74) is 0.846. The minimum atomic E-state index is -0.786. The zero-order chi connectivity index (χ0) is 14.5. The van der Waals surface area contributed by atoms with Gasteiger partial charge < -0.3 is 15.7 Å². The van der Waals surface area contributed by atoms with E-state index in [0.717, 1.165) is 5.56 Å². The summed E-state index contributed by atoms with van der Waals surface area (Å²) in [5, 5.41) is 15.0. The summed E-state index contributed by atoms with van der Waals surface area (Å²) in [6.45, 7) is 0.348. The van der Waals surface area contributed by atoms with Crippen LogP contribution in [0.15, 0.2) is 24.3 Å². The van der Waals surface area contributed by atoms with Crippen LogP contribution in [0.1, 0.15) is 24.8 Å². The second-order valence-electron chi connectivity index (χ2n) is 4.96. The summed E-state index contributed by atoms with van der Waals surface area (Å²) in [7, 11) is 0. The van der Waals surface area contributed by atoms with Gasteiger partial charge in [-0.1, -0.05) is 29.8 Å². The molecule has 1 fully saturated rings. The van der Waals surface area contributed by atoms with Crippen LogP contribution in [0.5, 0.6) is 0 Å². The van der Waals surface area contributed by atoms with E-state index < -0.39 is 5.97 Å². The quantitative estimate of drug-likeness (QED) is 0.798. The summed E-state index contributed by atoms with van der Waals surface area (Å²) in [4.78, 5) is 22.6. The van der Waals surface area contributed by atoms with Crippen molar-refractivity contribution >= 4 is 23.6 Å². The molecule has 2 rings (SSSR count). The number of urea groups is 1. The van der Waals surface area contributed by atoms with E-state index in [1.807, 2.05) is 18.2 Å². The molecule has 0 heterocycles. The van der Waals surface area contributed by atoms with E-state index in [2.05, 4.69) is 10.6 Å². The first kappa shape index (κ1) is 14.7. The van der Waals surface area contributed by atoms with Gasteiger partial charge in [0.2, 0.25) is 0 Å².